The Morgan fingerprint density at radius 1 is 1.37 bits per heavy atom. The SMILES string of the molecule is CCC(C)NC(=NCc1ccc([N+](=O)[O-])cc1)N1CCC(C(=O)OC)CC1. The minimum atomic E-state index is -0.408. The van der Waals surface area contributed by atoms with Crippen molar-refractivity contribution in [1.29, 1.82) is 0 Å². The Hall–Kier alpha value is -2.64. The number of hydrogen-bond acceptors (Lipinski definition) is 5. The van der Waals surface area contributed by atoms with Crippen LogP contribution in [0.1, 0.15) is 38.7 Å². The van der Waals surface area contributed by atoms with Crippen molar-refractivity contribution in [1.82, 2.24) is 10.2 Å². The molecule has 1 N–H and O–H groups in total. The van der Waals surface area contributed by atoms with E-state index in [-0.39, 0.29) is 23.6 Å². The molecule has 27 heavy (non-hydrogen) atoms. The van der Waals surface area contributed by atoms with Crippen LogP contribution in [0, 0.1) is 16.0 Å². The van der Waals surface area contributed by atoms with E-state index in [1.807, 2.05) is 0 Å². The summed E-state index contributed by atoms with van der Waals surface area (Å²) >= 11 is 0. The number of hydrogen-bond donors (Lipinski definition) is 1. The van der Waals surface area contributed by atoms with E-state index in [0.29, 0.717) is 6.54 Å². The molecule has 8 heteroatoms. The quantitative estimate of drug-likeness (QED) is 0.270. The predicted octanol–water partition coefficient (Wildman–Crippen LogP) is 2.72. The number of nitro benzene ring substituents is 1. The summed E-state index contributed by atoms with van der Waals surface area (Å²) in [6.07, 6.45) is 2.45. The first-order valence-corrected chi connectivity index (χ1v) is 9.31. The number of guanidine groups is 1. The fourth-order valence-corrected chi connectivity index (χ4v) is 2.94. The van der Waals surface area contributed by atoms with Gasteiger partial charge in [-0.3, -0.25) is 14.9 Å². The van der Waals surface area contributed by atoms with E-state index in [0.717, 1.165) is 43.9 Å². The Morgan fingerprint density at radius 3 is 2.52 bits per heavy atom. The summed E-state index contributed by atoms with van der Waals surface area (Å²) in [6.45, 7) is 6.12. The Bertz CT molecular complexity index is 667. The highest BCUT2D eigenvalue weighted by atomic mass is 16.6. The molecule has 0 spiro atoms. The fourth-order valence-electron chi connectivity index (χ4n) is 2.94. The molecule has 8 nitrogen and oxygen atoms in total. The van der Waals surface area contributed by atoms with E-state index < -0.39 is 4.92 Å². The van der Waals surface area contributed by atoms with Gasteiger partial charge in [0.05, 0.1) is 24.5 Å². The van der Waals surface area contributed by atoms with Gasteiger partial charge in [0.25, 0.3) is 5.69 Å². The standard InChI is InChI=1S/C19H28N4O4/c1-4-14(2)21-19(22-11-9-16(10-12-22)18(24)27-3)20-13-15-5-7-17(8-6-15)23(25)26/h5-8,14,16H,4,9-13H2,1-3H3,(H,20,21). The summed E-state index contributed by atoms with van der Waals surface area (Å²) < 4.78 is 4.85. The van der Waals surface area contributed by atoms with Crippen molar-refractivity contribution < 1.29 is 14.5 Å². The number of non-ortho nitro benzene ring substituents is 1. The van der Waals surface area contributed by atoms with E-state index in [2.05, 4.69) is 24.1 Å². The number of methoxy groups -OCH3 is 1. The zero-order valence-corrected chi connectivity index (χ0v) is 16.2. The van der Waals surface area contributed by atoms with E-state index in [9.17, 15) is 14.9 Å². The molecule has 1 atom stereocenters. The Labute approximate surface area is 159 Å². The lowest BCUT2D eigenvalue weighted by Gasteiger charge is -2.34. The van der Waals surface area contributed by atoms with E-state index in [1.165, 1.54) is 19.2 Å². The first-order chi connectivity index (χ1) is 12.9. The number of piperidine rings is 1. The van der Waals surface area contributed by atoms with Crippen LogP contribution in [0.25, 0.3) is 0 Å². The number of esters is 1. The third-order valence-corrected chi connectivity index (χ3v) is 4.88. The minimum absolute atomic E-state index is 0.0502. The van der Waals surface area contributed by atoms with Crippen LogP contribution < -0.4 is 5.32 Å². The zero-order valence-electron chi connectivity index (χ0n) is 16.2. The van der Waals surface area contributed by atoms with Crippen molar-refractivity contribution >= 4 is 17.6 Å². The third kappa shape index (κ3) is 5.94. The van der Waals surface area contributed by atoms with Gasteiger partial charge in [0.15, 0.2) is 5.96 Å². The van der Waals surface area contributed by atoms with Crippen LogP contribution in [0.5, 0.6) is 0 Å². The van der Waals surface area contributed by atoms with Gasteiger partial charge in [-0.2, -0.15) is 0 Å². The molecule has 1 aromatic carbocycles. The average Bonchev–Trinajstić information content (AvgIpc) is 2.70. The number of carbonyl (C=O) groups excluding carboxylic acids is 1. The molecule has 0 saturated carbocycles. The van der Waals surface area contributed by atoms with Gasteiger partial charge in [0.1, 0.15) is 0 Å². The molecule has 1 aliphatic rings. The number of rotatable bonds is 6. The highest BCUT2D eigenvalue weighted by molar-refractivity contribution is 5.81. The van der Waals surface area contributed by atoms with E-state index in [1.54, 1.807) is 12.1 Å². The second-order valence-electron chi connectivity index (χ2n) is 6.80. The number of benzene rings is 1. The minimum Gasteiger partial charge on any atom is -0.469 e. The van der Waals surface area contributed by atoms with E-state index >= 15 is 0 Å². The van der Waals surface area contributed by atoms with E-state index in [4.69, 9.17) is 9.73 Å². The Morgan fingerprint density at radius 2 is 2.00 bits per heavy atom. The first kappa shape index (κ1) is 20.7. The van der Waals surface area contributed by atoms with Gasteiger partial charge in [-0.1, -0.05) is 19.1 Å². The highest BCUT2D eigenvalue weighted by Crippen LogP contribution is 2.19. The number of likely N-dealkylation sites (tertiary alicyclic amines) is 1. The van der Waals surface area contributed by atoms with Gasteiger partial charge < -0.3 is 15.0 Å². The number of nitrogens with one attached hydrogen (secondary N) is 1. The second-order valence-corrected chi connectivity index (χ2v) is 6.80. The van der Waals surface area contributed by atoms with Gasteiger partial charge in [0.2, 0.25) is 0 Å². The number of carbonyl (C=O) groups is 1. The molecular formula is C19H28N4O4. The smallest absolute Gasteiger partial charge is 0.308 e. The molecule has 1 saturated heterocycles. The van der Waals surface area contributed by atoms with Gasteiger partial charge in [-0.15, -0.1) is 0 Å². The lowest BCUT2D eigenvalue weighted by Crippen LogP contribution is -2.49. The third-order valence-electron chi connectivity index (χ3n) is 4.88. The zero-order chi connectivity index (χ0) is 19.8. The maximum Gasteiger partial charge on any atom is 0.308 e. The highest BCUT2D eigenvalue weighted by Gasteiger charge is 2.27. The monoisotopic (exact) mass is 376 g/mol. The summed E-state index contributed by atoms with van der Waals surface area (Å²) in [5, 5.41) is 14.2. The normalized spacial score (nSPS) is 16.7. The van der Waals surface area contributed by atoms with Gasteiger partial charge >= 0.3 is 5.97 Å². The molecular weight excluding hydrogens is 348 g/mol. The van der Waals surface area contributed by atoms with Crippen LogP contribution in [0.2, 0.25) is 0 Å². The molecule has 0 amide bonds. The lowest BCUT2D eigenvalue weighted by atomic mass is 9.97. The molecule has 0 aromatic heterocycles. The van der Waals surface area contributed by atoms with Crippen LogP contribution in [0.15, 0.2) is 29.3 Å². The molecule has 0 aliphatic carbocycles. The summed E-state index contributed by atoms with van der Waals surface area (Å²) in [4.78, 5) is 29.0. The summed E-state index contributed by atoms with van der Waals surface area (Å²) in [5.74, 6) is 0.616. The Balaban J connectivity index is 2.06. The summed E-state index contributed by atoms with van der Waals surface area (Å²) in [6, 6.07) is 6.72. The van der Waals surface area contributed by atoms with Crippen LogP contribution in [0.4, 0.5) is 5.69 Å². The van der Waals surface area contributed by atoms with Crippen molar-refractivity contribution in [3.8, 4) is 0 Å². The Kier molecular flexibility index (Phi) is 7.57. The van der Waals surface area contributed by atoms with Crippen molar-refractivity contribution in [3.63, 3.8) is 0 Å². The van der Waals surface area contributed by atoms with Gasteiger partial charge in [-0.25, -0.2) is 4.99 Å². The van der Waals surface area contributed by atoms with Gasteiger partial charge in [-0.05, 0) is 31.7 Å². The number of nitrogens with zero attached hydrogens (tertiary/aromatic N) is 3. The maximum absolute atomic E-state index is 11.7. The predicted molar refractivity (Wildman–Crippen MR) is 103 cm³/mol. The van der Waals surface area contributed by atoms with Gasteiger partial charge in [0, 0.05) is 31.3 Å². The van der Waals surface area contributed by atoms with Crippen molar-refractivity contribution in [2.24, 2.45) is 10.9 Å². The number of nitro groups is 1. The first-order valence-electron chi connectivity index (χ1n) is 9.31. The largest absolute Gasteiger partial charge is 0.469 e. The summed E-state index contributed by atoms with van der Waals surface area (Å²) in [7, 11) is 1.43. The van der Waals surface area contributed by atoms with Crippen LogP contribution in [-0.2, 0) is 16.1 Å². The average molecular weight is 376 g/mol. The summed E-state index contributed by atoms with van der Waals surface area (Å²) in [5.41, 5.74) is 0.985. The number of aliphatic imine (C=N–C) groups is 1. The van der Waals surface area contributed by atoms with Crippen molar-refractivity contribution in [2.45, 2.75) is 45.7 Å². The van der Waals surface area contributed by atoms with Crippen molar-refractivity contribution in [2.75, 3.05) is 20.2 Å². The molecule has 1 heterocycles. The lowest BCUT2D eigenvalue weighted by molar-refractivity contribution is -0.384. The van der Waals surface area contributed by atoms with Crippen LogP contribution >= 0.6 is 0 Å². The molecule has 1 fully saturated rings. The molecule has 2 rings (SSSR count). The second kappa shape index (κ2) is 9.89. The molecule has 1 aliphatic heterocycles. The molecule has 148 valence electrons. The fraction of sp³-hybridized carbons (Fsp3) is 0.579. The van der Waals surface area contributed by atoms with Crippen LogP contribution in [0.3, 0.4) is 0 Å². The topological polar surface area (TPSA) is 97.1 Å². The van der Waals surface area contributed by atoms with Crippen molar-refractivity contribution in [3.05, 3.63) is 39.9 Å². The molecule has 0 bridgehead atoms. The maximum atomic E-state index is 11.7. The van der Waals surface area contributed by atoms with Crippen LogP contribution in [-0.4, -0.2) is 48.0 Å². The molecule has 0 radical (unpaired) electrons. The molecule has 1 unspecified atom stereocenters. The number of ether oxygens (including phenoxy) is 1. The molecule has 1 aromatic rings.